The molecule has 2 aromatic carbocycles. The fourth-order valence-electron chi connectivity index (χ4n) is 3.52. The summed E-state index contributed by atoms with van der Waals surface area (Å²) in [5.41, 5.74) is 2.46. The van der Waals surface area contributed by atoms with Gasteiger partial charge in [0, 0.05) is 43.9 Å². The van der Waals surface area contributed by atoms with Gasteiger partial charge in [-0.2, -0.15) is 4.98 Å². The minimum atomic E-state index is -0.454. The minimum Gasteiger partial charge on any atom is -0.338 e. The lowest BCUT2D eigenvalue weighted by atomic mass is 10.1. The van der Waals surface area contributed by atoms with Crippen molar-refractivity contribution in [2.24, 2.45) is 0 Å². The van der Waals surface area contributed by atoms with Gasteiger partial charge in [-0.05, 0) is 19.1 Å². The van der Waals surface area contributed by atoms with E-state index in [1.807, 2.05) is 31.2 Å². The van der Waals surface area contributed by atoms with E-state index in [2.05, 4.69) is 15.0 Å². The van der Waals surface area contributed by atoms with Crippen LogP contribution in [0.1, 0.15) is 17.0 Å². The van der Waals surface area contributed by atoms with Crippen molar-refractivity contribution in [3.63, 3.8) is 0 Å². The van der Waals surface area contributed by atoms with Gasteiger partial charge in [-0.15, -0.1) is 0 Å². The van der Waals surface area contributed by atoms with Gasteiger partial charge in [0.05, 0.1) is 17.0 Å². The second-order valence-corrected chi connectivity index (χ2v) is 7.63. The molecule has 3 aromatic rings. The molecule has 9 heteroatoms. The number of hydrogen-bond donors (Lipinski definition) is 0. The van der Waals surface area contributed by atoms with Crippen molar-refractivity contribution in [2.45, 2.75) is 13.5 Å². The first kappa shape index (κ1) is 21.4. The average Bonchev–Trinajstić information content (AvgIpc) is 3.27. The Morgan fingerprint density at radius 1 is 1.12 bits per heavy atom. The Morgan fingerprint density at radius 3 is 2.56 bits per heavy atom. The van der Waals surface area contributed by atoms with Gasteiger partial charge in [0.25, 0.3) is 5.69 Å². The lowest BCUT2D eigenvalue weighted by Gasteiger charge is -2.33. The van der Waals surface area contributed by atoms with E-state index in [1.165, 1.54) is 23.8 Å². The van der Waals surface area contributed by atoms with Crippen LogP contribution in [-0.4, -0.2) is 56.9 Å². The van der Waals surface area contributed by atoms with Crippen LogP contribution in [0.15, 0.2) is 59.1 Å². The van der Waals surface area contributed by atoms with Crippen LogP contribution in [0.25, 0.3) is 17.5 Å². The van der Waals surface area contributed by atoms with E-state index < -0.39 is 4.92 Å². The van der Waals surface area contributed by atoms with Crippen LogP contribution in [0.2, 0.25) is 0 Å². The fraction of sp³-hybridized carbons (Fsp3) is 0.261. The molecule has 1 amide bonds. The Bertz CT molecular complexity index is 1130. The Kier molecular flexibility index (Phi) is 6.37. The van der Waals surface area contributed by atoms with E-state index in [1.54, 1.807) is 23.1 Å². The Balaban J connectivity index is 1.30. The number of nitro groups is 1. The fourth-order valence-corrected chi connectivity index (χ4v) is 3.52. The normalized spacial score (nSPS) is 14.7. The lowest BCUT2D eigenvalue weighted by Crippen LogP contribution is -2.47. The number of piperazine rings is 1. The topological polar surface area (TPSA) is 106 Å². The standard InChI is InChI=1S/C23H23N5O4/c1-17-6-8-19(9-7-17)23-24-21(32-25-23)16-26-12-14-27(15-13-26)22(29)11-10-18-4-2-3-5-20(18)28(30)31/h2-11H,12-16H2,1H3/b11-10+. The third-order valence-electron chi connectivity index (χ3n) is 5.36. The molecule has 4 rings (SSSR count). The van der Waals surface area contributed by atoms with E-state index >= 15 is 0 Å². The van der Waals surface area contributed by atoms with Crippen LogP contribution in [-0.2, 0) is 11.3 Å². The van der Waals surface area contributed by atoms with E-state index in [0.29, 0.717) is 50.0 Å². The van der Waals surface area contributed by atoms with Crippen LogP contribution in [0.3, 0.4) is 0 Å². The number of aromatic nitrogens is 2. The predicted octanol–water partition coefficient (Wildman–Crippen LogP) is 3.31. The lowest BCUT2D eigenvalue weighted by molar-refractivity contribution is -0.385. The summed E-state index contributed by atoms with van der Waals surface area (Å²) < 4.78 is 5.39. The summed E-state index contributed by atoms with van der Waals surface area (Å²) in [5.74, 6) is 0.938. The van der Waals surface area contributed by atoms with Crippen molar-refractivity contribution in [2.75, 3.05) is 26.2 Å². The third kappa shape index (κ3) is 5.06. The van der Waals surface area contributed by atoms with Gasteiger partial charge in [0.1, 0.15) is 0 Å². The molecule has 0 unspecified atom stereocenters. The largest absolute Gasteiger partial charge is 0.338 e. The first-order chi connectivity index (χ1) is 15.5. The van der Waals surface area contributed by atoms with Crippen molar-refractivity contribution < 1.29 is 14.2 Å². The van der Waals surface area contributed by atoms with Gasteiger partial charge in [-0.3, -0.25) is 19.8 Å². The van der Waals surface area contributed by atoms with Crippen LogP contribution in [0.4, 0.5) is 5.69 Å². The average molecular weight is 433 g/mol. The molecule has 1 aliphatic rings. The van der Waals surface area contributed by atoms with Crippen LogP contribution in [0, 0.1) is 17.0 Å². The monoisotopic (exact) mass is 433 g/mol. The molecule has 0 atom stereocenters. The van der Waals surface area contributed by atoms with E-state index in [9.17, 15) is 14.9 Å². The number of rotatable bonds is 6. The third-order valence-corrected chi connectivity index (χ3v) is 5.36. The Hall–Kier alpha value is -3.85. The first-order valence-corrected chi connectivity index (χ1v) is 10.3. The minimum absolute atomic E-state index is 0.0223. The number of para-hydroxylation sites is 1. The number of nitro benzene ring substituents is 1. The Morgan fingerprint density at radius 2 is 1.84 bits per heavy atom. The number of nitrogens with zero attached hydrogens (tertiary/aromatic N) is 5. The summed E-state index contributed by atoms with van der Waals surface area (Å²) in [4.78, 5) is 31.5. The molecule has 164 valence electrons. The molecule has 9 nitrogen and oxygen atoms in total. The van der Waals surface area contributed by atoms with Gasteiger partial charge >= 0.3 is 0 Å². The highest BCUT2D eigenvalue weighted by Gasteiger charge is 2.22. The Labute approximate surface area is 185 Å². The number of aryl methyl sites for hydroxylation is 1. The van der Waals surface area contributed by atoms with Gasteiger partial charge in [0.2, 0.25) is 17.6 Å². The molecule has 1 fully saturated rings. The van der Waals surface area contributed by atoms with Gasteiger partial charge in [-0.1, -0.05) is 47.1 Å². The van der Waals surface area contributed by atoms with Gasteiger partial charge in [-0.25, -0.2) is 0 Å². The smallest absolute Gasteiger partial charge is 0.276 e. The highest BCUT2D eigenvalue weighted by Crippen LogP contribution is 2.20. The van der Waals surface area contributed by atoms with Crippen molar-refractivity contribution in [1.82, 2.24) is 19.9 Å². The summed E-state index contributed by atoms with van der Waals surface area (Å²) in [5, 5.41) is 15.2. The van der Waals surface area contributed by atoms with E-state index in [-0.39, 0.29) is 11.6 Å². The second kappa shape index (κ2) is 9.52. The SMILES string of the molecule is Cc1ccc(-c2noc(CN3CCN(C(=O)/C=C/c4ccccc4[N+](=O)[O-])CC3)n2)cc1. The molecule has 0 spiro atoms. The highest BCUT2D eigenvalue weighted by atomic mass is 16.6. The van der Waals surface area contributed by atoms with Crippen molar-refractivity contribution in [3.05, 3.63) is 81.7 Å². The van der Waals surface area contributed by atoms with Gasteiger partial charge < -0.3 is 9.42 Å². The predicted molar refractivity (Wildman–Crippen MR) is 118 cm³/mol. The molecule has 1 aromatic heterocycles. The second-order valence-electron chi connectivity index (χ2n) is 7.63. The van der Waals surface area contributed by atoms with Crippen LogP contribution >= 0.6 is 0 Å². The van der Waals surface area contributed by atoms with Crippen molar-refractivity contribution >= 4 is 17.7 Å². The van der Waals surface area contributed by atoms with Gasteiger partial charge in [0.15, 0.2) is 0 Å². The maximum atomic E-state index is 12.5. The molecule has 0 saturated carbocycles. The number of benzene rings is 2. The molecule has 0 aliphatic carbocycles. The molecule has 0 radical (unpaired) electrons. The number of hydrogen-bond acceptors (Lipinski definition) is 7. The summed E-state index contributed by atoms with van der Waals surface area (Å²) >= 11 is 0. The number of carbonyl (C=O) groups is 1. The quantitative estimate of drug-likeness (QED) is 0.334. The molecule has 32 heavy (non-hydrogen) atoms. The highest BCUT2D eigenvalue weighted by molar-refractivity contribution is 5.92. The van der Waals surface area contributed by atoms with E-state index in [4.69, 9.17) is 4.52 Å². The van der Waals surface area contributed by atoms with Crippen LogP contribution < -0.4 is 0 Å². The number of amides is 1. The van der Waals surface area contributed by atoms with Crippen molar-refractivity contribution in [1.29, 1.82) is 0 Å². The van der Waals surface area contributed by atoms with E-state index in [0.717, 1.165) is 5.56 Å². The molecule has 0 N–H and O–H groups in total. The van der Waals surface area contributed by atoms with Crippen LogP contribution in [0.5, 0.6) is 0 Å². The summed E-state index contributed by atoms with van der Waals surface area (Å²) in [6.07, 6.45) is 2.89. The summed E-state index contributed by atoms with van der Waals surface area (Å²) in [6.45, 7) is 5.00. The number of carbonyl (C=O) groups excluding carboxylic acids is 1. The molecular formula is C23H23N5O4. The zero-order valence-corrected chi connectivity index (χ0v) is 17.7. The molecular weight excluding hydrogens is 410 g/mol. The molecule has 0 bridgehead atoms. The maximum Gasteiger partial charge on any atom is 0.276 e. The molecule has 1 aliphatic heterocycles. The summed E-state index contributed by atoms with van der Waals surface area (Å²) in [6, 6.07) is 14.3. The van der Waals surface area contributed by atoms with Crippen molar-refractivity contribution in [3.8, 4) is 11.4 Å². The first-order valence-electron chi connectivity index (χ1n) is 10.3. The molecule has 1 saturated heterocycles. The maximum absolute atomic E-state index is 12.5. The zero-order valence-electron chi connectivity index (χ0n) is 17.7. The summed E-state index contributed by atoms with van der Waals surface area (Å²) in [7, 11) is 0. The molecule has 2 heterocycles. The zero-order chi connectivity index (χ0) is 22.5.